The second kappa shape index (κ2) is 10.6. The van der Waals surface area contributed by atoms with Gasteiger partial charge in [-0.3, -0.25) is 4.79 Å². The quantitative estimate of drug-likeness (QED) is 0.809. The fourth-order valence-electron chi connectivity index (χ4n) is 2.81. The second-order valence-corrected chi connectivity index (χ2v) is 6.11. The van der Waals surface area contributed by atoms with Crippen molar-refractivity contribution in [2.45, 2.75) is 45.4 Å². The summed E-state index contributed by atoms with van der Waals surface area (Å²) in [5, 5.41) is 6.45. The molecule has 0 radical (unpaired) electrons. The molecule has 1 aliphatic heterocycles. The Morgan fingerprint density at radius 3 is 2.64 bits per heavy atom. The number of aryl methyl sites for hydroxylation is 1. The number of unbranched alkanes of at least 4 members (excludes halogenated alkanes) is 1. The zero-order valence-corrected chi connectivity index (χ0v) is 14.4. The molecule has 3 nitrogen and oxygen atoms in total. The molecule has 22 heavy (non-hydrogen) atoms. The summed E-state index contributed by atoms with van der Waals surface area (Å²) in [5.74, 6) is 0.737. The van der Waals surface area contributed by atoms with Crippen LogP contribution in [0.2, 0.25) is 0 Å². The van der Waals surface area contributed by atoms with Crippen molar-refractivity contribution in [3.05, 3.63) is 35.4 Å². The summed E-state index contributed by atoms with van der Waals surface area (Å²) in [5.41, 5.74) is 2.48. The maximum absolute atomic E-state index is 12.0. The van der Waals surface area contributed by atoms with E-state index in [0.29, 0.717) is 12.3 Å². The van der Waals surface area contributed by atoms with Crippen LogP contribution in [0.1, 0.15) is 43.7 Å². The maximum atomic E-state index is 12.0. The standard InChI is InChI=1S/C18H28N2O.ClH/c1-2-3-5-15-7-9-16(10-8-15)12-18(21)20-14-17-6-4-11-19-13-17;/h7-10,17,19H,2-6,11-14H2,1H3,(H,20,21);1H. The Labute approximate surface area is 140 Å². The molecule has 0 aliphatic carbocycles. The summed E-state index contributed by atoms with van der Waals surface area (Å²) < 4.78 is 0. The molecular weight excluding hydrogens is 296 g/mol. The predicted octanol–water partition coefficient (Wildman–Crippen LogP) is 3.11. The fourth-order valence-corrected chi connectivity index (χ4v) is 2.81. The Morgan fingerprint density at radius 1 is 1.27 bits per heavy atom. The number of nitrogens with one attached hydrogen (secondary N) is 2. The highest BCUT2D eigenvalue weighted by Gasteiger charge is 2.13. The van der Waals surface area contributed by atoms with Crippen LogP contribution in [0.15, 0.2) is 24.3 Å². The van der Waals surface area contributed by atoms with Crippen LogP contribution in [0.25, 0.3) is 0 Å². The molecule has 0 aromatic heterocycles. The molecular formula is C18H29ClN2O. The van der Waals surface area contributed by atoms with Gasteiger partial charge in [0.1, 0.15) is 0 Å². The Bertz CT molecular complexity index is 427. The van der Waals surface area contributed by atoms with Gasteiger partial charge in [-0.25, -0.2) is 0 Å². The number of hydrogen-bond donors (Lipinski definition) is 2. The number of rotatable bonds is 7. The van der Waals surface area contributed by atoms with Crippen molar-refractivity contribution in [2.24, 2.45) is 5.92 Å². The van der Waals surface area contributed by atoms with E-state index in [1.54, 1.807) is 0 Å². The number of carbonyl (C=O) groups excluding carboxylic acids is 1. The van der Waals surface area contributed by atoms with Gasteiger partial charge in [0.2, 0.25) is 5.91 Å². The van der Waals surface area contributed by atoms with E-state index >= 15 is 0 Å². The van der Waals surface area contributed by atoms with Crippen LogP contribution in [0, 0.1) is 5.92 Å². The first-order valence-corrected chi connectivity index (χ1v) is 8.33. The lowest BCUT2D eigenvalue weighted by molar-refractivity contribution is -0.120. The first-order chi connectivity index (χ1) is 10.3. The lowest BCUT2D eigenvalue weighted by atomic mass is 9.99. The largest absolute Gasteiger partial charge is 0.355 e. The van der Waals surface area contributed by atoms with Crippen LogP contribution in [0.4, 0.5) is 0 Å². The van der Waals surface area contributed by atoms with Gasteiger partial charge in [-0.15, -0.1) is 12.4 Å². The molecule has 2 rings (SSSR count). The molecule has 1 heterocycles. The number of halogens is 1. The number of carbonyl (C=O) groups is 1. The summed E-state index contributed by atoms with van der Waals surface area (Å²) in [4.78, 5) is 12.0. The molecule has 1 amide bonds. The van der Waals surface area contributed by atoms with E-state index in [4.69, 9.17) is 0 Å². The third-order valence-electron chi connectivity index (χ3n) is 4.19. The monoisotopic (exact) mass is 324 g/mol. The first-order valence-electron chi connectivity index (χ1n) is 8.33. The average molecular weight is 325 g/mol. The van der Waals surface area contributed by atoms with Crippen LogP contribution in [0.5, 0.6) is 0 Å². The van der Waals surface area contributed by atoms with Crippen LogP contribution in [-0.2, 0) is 17.6 Å². The van der Waals surface area contributed by atoms with Crippen molar-refractivity contribution in [3.8, 4) is 0 Å². The number of amides is 1. The van der Waals surface area contributed by atoms with E-state index in [9.17, 15) is 4.79 Å². The Balaban J connectivity index is 0.00000242. The zero-order chi connectivity index (χ0) is 14.9. The molecule has 1 atom stereocenters. The average Bonchev–Trinajstić information content (AvgIpc) is 2.53. The molecule has 1 fully saturated rings. The maximum Gasteiger partial charge on any atom is 0.224 e. The van der Waals surface area contributed by atoms with Gasteiger partial charge in [0.15, 0.2) is 0 Å². The molecule has 1 unspecified atom stereocenters. The predicted molar refractivity (Wildman–Crippen MR) is 94.6 cm³/mol. The van der Waals surface area contributed by atoms with Gasteiger partial charge in [-0.1, -0.05) is 37.6 Å². The van der Waals surface area contributed by atoms with Crippen LogP contribution in [-0.4, -0.2) is 25.5 Å². The minimum absolute atomic E-state index is 0. The van der Waals surface area contributed by atoms with E-state index in [2.05, 4.69) is 41.8 Å². The molecule has 1 aromatic rings. The number of hydrogen-bond acceptors (Lipinski definition) is 2. The Kier molecular flexibility index (Phi) is 9.17. The summed E-state index contributed by atoms with van der Waals surface area (Å²) in [6.07, 6.45) is 6.53. The number of benzene rings is 1. The first kappa shape index (κ1) is 19.0. The zero-order valence-electron chi connectivity index (χ0n) is 13.6. The van der Waals surface area contributed by atoms with Gasteiger partial charge in [-0.05, 0) is 55.8 Å². The molecule has 0 spiro atoms. The Morgan fingerprint density at radius 2 is 2.00 bits per heavy atom. The van der Waals surface area contributed by atoms with Crippen molar-refractivity contribution >= 4 is 18.3 Å². The highest BCUT2D eigenvalue weighted by Crippen LogP contribution is 2.10. The lowest BCUT2D eigenvalue weighted by Gasteiger charge is -2.22. The third-order valence-corrected chi connectivity index (χ3v) is 4.19. The minimum atomic E-state index is 0. The van der Waals surface area contributed by atoms with Gasteiger partial charge in [0.25, 0.3) is 0 Å². The van der Waals surface area contributed by atoms with Crippen molar-refractivity contribution in [2.75, 3.05) is 19.6 Å². The molecule has 124 valence electrons. The third kappa shape index (κ3) is 6.80. The summed E-state index contributed by atoms with van der Waals surface area (Å²) in [7, 11) is 0. The molecule has 1 saturated heterocycles. The smallest absolute Gasteiger partial charge is 0.224 e. The van der Waals surface area contributed by atoms with Crippen molar-refractivity contribution in [1.82, 2.24) is 10.6 Å². The van der Waals surface area contributed by atoms with Crippen molar-refractivity contribution in [1.29, 1.82) is 0 Å². The minimum Gasteiger partial charge on any atom is -0.355 e. The van der Waals surface area contributed by atoms with E-state index in [0.717, 1.165) is 31.6 Å². The normalized spacial score (nSPS) is 17.6. The molecule has 4 heteroatoms. The summed E-state index contributed by atoms with van der Waals surface area (Å²) in [6.45, 7) is 5.17. The van der Waals surface area contributed by atoms with Gasteiger partial charge in [0, 0.05) is 6.54 Å². The molecule has 2 N–H and O–H groups in total. The fraction of sp³-hybridized carbons (Fsp3) is 0.611. The van der Waals surface area contributed by atoms with E-state index in [1.165, 1.54) is 31.2 Å². The molecule has 0 bridgehead atoms. The van der Waals surface area contributed by atoms with Gasteiger partial charge >= 0.3 is 0 Å². The van der Waals surface area contributed by atoms with Gasteiger partial charge < -0.3 is 10.6 Å². The van der Waals surface area contributed by atoms with Crippen molar-refractivity contribution < 1.29 is 4.79 Å². The molecule has 1 aliphatic rings. The van der Waals surface area contributed by atoms with E-state index in [-0.39, 0.29) is 18.3 Å². The van der Waals surface area contributed by atoms with E-state index in [1.807, 2.05) is 0 Å². The van der Waals surface area contributed by atoms with E-state index < -0.39 is 0 Å². The van der Waals surface area contributed by atoms with Crippen molar-refractivity contribution in [3.63, 3.8) is 0 Å². The molecule has 1 aromatic carbocycles. The number of piperidine rings is 1. The SMILES string of the molecule is CCCCc1ccc(CC(=O)NCC2CCCNC2)cc1.Cl. The van der Waals surface area contributed by atoms with Crippen LogP contribution < -0.4 is 10.6 Å². The summed E-state index contributed by atoms with van der Waals surface area (Å²) >= 11 is 0. The topological polar surface area (TPSA) is 41.1 Å². The molecule has 0 saturated carbocycles. The van der Waals surface area contributed by atoms with Gasteiger partial charge in [-0.2, -0.15) is 0 Å². The van der Waals surface area contributed by atoms with Crippen LogP contribution >= 0.6 is 12.4 Å². The highest BCUT2D eigenvalue weighted by atomic mass is 35.5. The highest BCUT2D eigenvalue weighted by molar-refractivity contribution is 5.85. The van der Waals surface area contributed by atoms with Crippen LogP contribution in [0.3, 0.4) is 0 Å². The summed E-state index contributed by atoms with van der Waals surface area (Å²) in [6, 6.07) is 8.49. The second-order valence-electron chi connectivity index (χ2n) is 6.11. The lowest BCUT2D eigenvalue weighted by Crippen LogP contribution is -2.38. The van der Waals surface area contributed by atoms with Gasteiger partial charge in [0.05, 0.1) is 6.42 Å². The Hall–Kier alpha value is -1.06.